The first kappa shape index (κ1) is 17.6. The molecular formula is C21H22N4O. The van der Waals surface area contributed by atoms with Gasteiger partial charge in [0.15, 0.2) is 5.78 Å². The fourth-order valence-electron chi connectivity index (χ4n) is 2.63. The number of hydrogen-bond acceptors (Lipinski definition) is 5. The van der Waals surface area contributed by atoms with Gasteiger partial charge in [-0.25, -0.2) is 4.98 Å². The zero-order chi connectivity index (χ0) is 18.5. The molecule has 0 saturated carbocycles. The van der Waals surface area contributed by atoms with E-state index in [0.717, 1.165) is 17.2 Å². The number of nitrogens with one attached hydrogen (secondary N) is 2. The summed E-state index contributed by atoms with van der Waals surface area (Å²) in [4.78, 5) is 20.3. The molecule has 2 N–H and O–H groups in total. The van der Waals surface area contributed by atoms with Crippen molar-refractivity contribution in [2.45, 2.75) is 27.3 Å². The van der Waals surface area contributed by atoms with E-state index in [4.69, 9.17) is 0 Å². The predicted octanol–water partition coefficient (Wildman–Crippen LogP) is 4.65. The Kier molecular flexibility index (Phi) is 5.27. The predicted molar refractivity (Wildman–Crippen MR) is 105 cm³/mol. The Bertz CT molecular complexity index is 920. The second-order valence-corrected chi connectivity index (χ2v) is 6.26. The number of Topliss-reactive ketones (excluding diaryl/α,β-unsaturated/α-hetero) is 1. The highest BCUT2D eigenvalue weighted by Crippen LogP contribution is 2.18. The van der Waals surface area contributed by atoms with Crippen molar-refractivity contribution in [3.8, 4) is 0 Å². The van der Waals surface area contributed by atoms with E-state index in [9.17, 15) is 4.79 Å². The average Bonchev–Trinajstić information content (AvgIpc) is 2.61. The molecule has 5 nitrogen and oxygen atoms in total. The van der Waals surface area contributed by atoms with Crippen molar-refractivity contribution in [2.75, 3.05) is 10.6 Å². The molecule has 3 rings (SSSR count). The highest BCUT2D eigenvalue weighted by Gasteiger charge is 2.05. The molecule has 0 atom stereocenters. The van der Waals surface area contributed by atoms with Crippen LogP contribution in [0.2, 0.25) is 0 Å². The largest absolute Gasteiger partial charge is 0.366 e. The summed E-state index contributed by atoms with van der Waals surface area (Å²) >= 11 is 0. The summed E-state index contributed by atoms with van der Waals surface area (Å²) in [6.07, 6.45) is 0. The number of rotatable bonds is 6. The minimum Gasteiger partial charge on any atom is -0.366 e. The van der Waals surface area contributed by atoms with Crippen molar-refractivity contribution in [1.29, 1.82) is 0 Å². The van der Waals surface area contributed by atoms with Crippen LogP contribution in [0.1, 0.15) is 34.1 Å². The summed E-state index contributed by atoms with van der Waals surface area (Å²) in [5, 5.41) is 6.54. The van der Waals surface area contributed by atoms with E-state index < -0.39 is 0 Å². The van der Waals surface area contributed by atoms with Gasteiger partial charge in [0.2, 0.25) is 5.95 Å². The normalized spacial score (nSPS) is 10.4. The molecule has 0 radical (unpaired) electrons. The second kappa shape index (κ2) is 7.78. The Hall–Kier alpha value is -3.21. The van der Waals surface area contributed by atoms with Crippen molar-refractivity contribution in [1.82, 2.24) is 9.97 Å². The third kappa shape index (κ3) is 4.45. The minimum atomic E-state index is 0.0473. The summed E-state index contributed by atoms with van der Waals surface area (Å²) in [7, 11) is 0. The van der Waals surface area contributed by atoms with Gasteiger partial charge in [0.1, 0.15) is 5.82 Å². The Morgan fingerprint density at radius 2 is 1.73 bits per heavy atom. The number of aryl methyl sites for hydroxylation is 2. The number of benzene rings is 2. The number of carbonyl (C=O) groups is 1. The zero-order valence-electron chi connectivity index (χ0n) is 15.2. The van der Waals surface area contributed by atoms with Gasteiger partial charge in [-0.05, 0) is 56.2 Å². The first-order chi connectivity index (χ1) is 12.5. The van der Waals surface area contributed by atoms with E-state index in [-0.39, 0.29) is 5.78 Å². The lowest BCUT2D eigenvalue weighted by Crippen LogP contribution is -2.06. The number of aromatic nitrogens is 2. The smallest absolute Gasteiger partial charge is 0.229 e. The van der Waals surface area contributed by atoms with Gasteiger partial charge in [-0.1, -0.05) is 24.3 Å². The van der Waals surface area contributed by atoms with Crippen molar-refractivity contribution < 1.29 is 4.79 Å². The molecule has 1 heterocycles. The van der Waals surface area contributed by atoms with Crippen LogP contribution in [0, 0.1) is 13.8 Å². The van der Waals surface area contributed by atoms with E-state index in [1.165, 1.54) is 11.1 Å². The number of hydrogen-bond donors (Lipinski definition) is 2. The highest BCUT2D eigenvalue weighted by atomic mass is 16.1. The number of anilines is 3. The Balaban J connectivity index is 1.73. The molecule has 0 unspecified atom stereocenters. The van der Waals surface area contributed by atoms with Crippen LogP contribution < -0.4 is 10.6 Å². The molecule has 0 fully saturated rings. The molecule has 0 amide bonds. The molecule has 132 valence electrons. The van der Waals surface area contributed by atoms with Gasteiger partial charge in [0.05, 0.1) is 0 Å². The molecule has 5 heteroatoms. The maximum Gasteiger partial charge on any atom is 0.229 e. The van der Waals surface area contributed by atoms with E-state index in [1.807, 2.05) is 37.3 Å². The van der Waals surface area contributed by atoms with Crippen molar-refractivity contribution in [3.05, 3.63) is 77.0 Å². The molecule has 2 aromatic carbocycles. The fraction of sp³-hybridized carbons (Fsp3) is 0.190. The second-order valence-electron chi connectivity index (χ2n) is 6.26. The molecular weight excluding hydrogens is 324 g/mol. The van der Waals surface area contributed by atoms with Crippen LogP contribution in [0.25, 0.3) is 0 Å². The standard InChI is InChI=1S/C21H22N4O/c1-14-6-4-5-7-18(14)13-22-20-12-15(2)23-21(25-20)24-19-10-8-17(9-11-19)16(3)26/h4-12H,13H2,1-3H3,(H2,22,23,24,25). The lowest BCUT2D eigenvalue weighted by Gasteiger charge is -2.11. The molecule has 3 aromatic rings. The maximum atomic E-state index is 11.4. The summed E-state index contributed by atoms with van der Waals surface area (Å²) in [6.45, 7) is 6.29. The lowest BCUT2D eigenvalue weighted by atomic mass is 10.1. The van der Waals surface area contributed by atoms with Crippen LogP contribution >= 0.6 is 0 Å². The zero-order valence-corrected chi connectivity index (χ0v) is 15.2. The summed E-state index contributed by atoms with van der Waals surface area (Å²) in [5.74, 6) is 1.34. The molecule has 26 heavy (non-hydrogen) atoms. The fourth-order valence-corrected chi connectivity index (χ4v) is 2.63. The first-order valence-corrected chi connectivity index (χ1v) is 8.53. The third-order valence-corrected chi connectivity index (χ3v) is 4.12. The van der Waals surface area contributed by atoms with E-state index in [2.05, 4.69) is 39.7 Å². The van der Waals surface area contributed by atoms with E-state index in [1.54, 1.807) is 19.1 Å². The van der Waals surface area contributed by atoms with Crippen LogP contribution in [-0.2, 0) is 6.54 Å². The monoisotopic (exact) mass is 346 g/mol. The number of ketones is 1. The number of carbonyl (C=O) groups excluding carboxylic acids is 1. The molecule has 0 aliphatic heterocycles. The van der Waals surface area contributed by atoms with Crippen LogP contribution in [-0.4, -0.2) is 15.8 Å². The van der Waals surface area contributed by atoms with Gasteiger partial charge < -0.3 is 10.6 Å². The molecule has 0 aliphatic carbocycles. The SMILES string of the molecule is CC(=O)c1ccc(Nc2nc(C)cc(NCc3ccccc3C)n2)cc1. The number of nitrogens with zero attached hydrogens (tertiary/aromatic N) is 2. The molecule has 0 spiro atoms. The summed E-state index contributed by atoms with van der Waals surface area (Å²) < 4.78 is 0. The van der Waals surface area contributed by atoms with E-state index in [0.29, 0.717) is 18.1 Å². The van der Waals surface area contributed by atoms with Crippen molar-refractivity contribution >= 4 is 23.2 Å². The van der Waals surface area contributed by atoms with Gasteiger partial charge in [-0.3, -0.25) is 4.79 Å². The van der Waals surface area contributed by atoms with Gasteiger partial charge in [0.25, 0.3) is 0 Å². The van der Waals surface area contributed by atoms with Crippen LogP contribution in [0.15, 0.2) is 54.6 Å². The first-order valence-electron chi connectivity index (χ1n) is 8.53. The van der Waals surface area contributed by atoms with Gasteiger partial charge in [-0.2, -0.15) is 4.98 Å². The van der Waals surface area contributed by atoms with Crippen LogP contribution in [0.3, 0.4) is 0 Å². The topological polar surface area (TPSA) is 66.9 Å². The maximum absolute atomic E-state index is 11.4. The van der Waals surface area contributed by atoms with Crippen LogP contribution in [0.4, 0.5) is 17.5 Å². The third-order valence-electron chi connectivity index (χ3n) is 4.12. The van der Waals surface area contributed by atoms with Crippen LogP contribution in [0.5, 0.6) is 0 Å². The van der Waals surface area contributed by atoms with Crippen molar-refractivity contribution in [3.63, 3.8) is 0 Å². The average molecular weight is 346 g/mol. The minimum absolute atomic E-state index is 0.0473. The Morgan fingerprint density at radius 1 is 1.00 bits per heavy atom. The quantitative estimate of drug-likeness (QED) is 0.636. The van der Waals surface area contributed by atoms with Gasteiger partial charge in [-0.15, -0.1) is 0 Å². The molecule has 0 aliphatic rings. The Morgan fingerprint density at radius 3 is 2.42 bits per heavy atom. The van der Waals surface area contributed by atoms with E-state index >= 15 is 0 Å². The molecule has 1 aromatic heterocycles. The Labute approximate surface area is 153 Å². The summed E-state index contributed by atoms with van der Waals surface area (Å²) in [5.41, 5.74) is 4.87. The highest BCUT2D eigenvalue weighted by molar-refractivity contribution is 5.94. The van der Waals surface area contributed by atoms with Gasteiger partial charge >= 0.3 is 0 Å². The van der Waals surface area contributed by atoms with Gasteiger partial charge in [0, 0.05) is 29.6 Å². The molecule has 0 bridgehead atoms. The lowest BCUT2D eigenvalue weighted by molar-refractivity contribution is 0.101. The van der Waals surface area contributed by atoms with Crippen molar-refractivity contribution in [2.24, 2.45) is 0 Å². The summed E-state index contributed by atoms with van der Waals surface area (Å²) in [6, 6.07) is 17.5. The molecule has 0 saturated heterocycles.